The Balaban J connectivity index is 2.00. The average molecular weight is 391 g/mol. The number of hydrogen-bond donors (Lipinski definition) is 1. The van der Waals surface area contributed by atoms with E-state index in [0.717, 1.165) is 16.7 Å². The molecule has 0 aliphatic heterocycles. The number of halogens is 1. The Kier molecular flexibility index (Phi) is 7.07. The Morgan fingerprint density at radius 3 is 2.33 bits per heavy atom. The third-order valence-corrected chi connectivity index (χ3v) is 4.52. The third kappa shape index (κ3) is 5.37. The van der Waals surface area contributed by atoms with Crippen molar-refractivity contribution in [2.24, 2.45) is 5.10 Å². The van der Waals surface area contributed by atoms with Crippen molar-refractivity contribution in [1.82, 2.24) is 5.43 Å². The predicted molar refractivity (Wildman–Crippen MR) is 106 cm³/mol. The van der Waals surface area contributed by atoms with E-state index in [1.807, 2.05) is 19.9 Å². The molecule has 0 atom stereocenters. The molecule has 0 bridgehead atoms. The normalized spacial score (nSPS) is 11.1. The molecule has 0 fully saturated rings. The minimum absolute atomic E-state index is 0.156. The van der Waals surface area contributed by atoms with Gasteiger partial charge in [0.2, 0.25) is 0 Å². The first-order chi connectivity index (χ1) is 12.8. The van der Waals surface area contributed by atoms with E-state index >= 15 is 0 Å². The molecule has 0 aliphatic carbocycles. The Hall–Kier alpha value is -2.73. The van der Waals surface area contributed by atoms with E-state index in [-0.39, 0.29) is 12.5 Å². The first kappa shape index (κ1) is 20.6. The van der Waals surface area contributed by atoms with Crippen LogP contribution in [0, 0.1) is 13.8 Å². The van der Waals surface area contributed by atoms with Crippen LogP contribution in [0.2, 0.25) is 5.02 Å². The van der Waals surface area contributed by atoms with E-state index in [2.05, 4.69) is 10.5 Å². The minimum atomic E-state index is -0.368. The highest BCUT2D eigenvalue weighted by Crippen LogP contribution is 2.26. The lowest BCUT2D eigenvalue weighted by Crippen LogP contribution is -2.25. The number of rotatable bonds is 7. The lowest BCUT2D eigenvalue weighted by molar-refractivity contribution is -0.123. The van der Waals surface area contributed by atoms with Gasteiger partial charge in [-0.05, 0) is 56.2 Å². The fraction of sp³-hybridized carbons (Fsp3) is 0.300. The van der Waals surface area contributed by atoms with Crippen molar-refractivity contribution in [3.8, 4) is 17.2 Å². The van der Waals surface area contributed by atoms with Crippen molar-refractivity contribution in [2.45, 2.75) is 20.8 Å². The van der Waals surface area contributed by atoms with E-state index in [1.165, 1.54) is 0 Å². The molecule has 2 rings (SSSR count). The van der Waals surface area contributed by atoms with E-state index in [0.29, 0.717) is 28.0 Å². The quantitative estimate of drug-likeness (QED) is 0.575. The van der Waals surface area contributed by atoms with Crippen molar-refractivity contribution in [3.05, 3.63) is 52.0 Å². The molecular formula is C20H23ClN2O4. The third-order valence-electron chi connectivity index (χ3n) is 3.93. The molecule has 0 unspecified atom stereocenters. The monoisotopic (exact) mass is 390 g/mol. The number of nitrogens with one attached hydrogen (secondary N) is 1. The van der Waals surface area contributed by atoms with Gasteiger partial charge in [-0.25, -0.2) is 5.43 Å². The molecule has 1 amide bonds. The Labute approximate surface area is 164 Å². The second-order valence-electron chi connectivity index (χ2n) is 5.96. The summed E-state index contributed by atoms with van der Waals surface area (Å²) < 4.78 is 16.0. The van der Waals surface area contributed by atoms with Gasteiger partial charge < -0.3 is 14.2 Å². The lowest BCUT2D eigenvalue weighted by atomic mass is 10.1. The zero-order chi connectivity index (χ0) is 20.0. The molecule has 0 saturated heterocycles. The fourth-order valence-corrected chi connectivity index (χ4v) is 2.58. The first-order valence-electron chi connectivity index (χ1n) is 8.30. The molecule has 1 N–H and O–H groups in total. The largest absolute Gasteiger partial charge is 0.497 e. The van der Waals surface area contributed by atoms with Crippen LogP contribution in [0.1, 0.15) is 23.6 Å². The van der Waals surface area contributed by atoms with Crippen LogP contribution in [0.5, 0.6) is 17.2 Å². The zero-order valence-corrected chi connectivity index (χ0v) is 16.8. The summed E-state index contributed by atoms with van der Waals surface area (Å²) >= 11 is 6.13. The molecule has 144 valence electrons. The molecular weight excluding hydrogens is 368 g/mol. The number of nitrogens with zero attached hydrogens (tertiary/aromatic N) is 1. The van der Waals surface area contributed by atoms with Crippen molar-refractivity contribution in [1.29, 1.82) is 0 Å². The summed E-state index contributed by atoms with van der Waals surface area (Å²) in [6.07, 6.45) is 0. The summed E-state index contributed by atoms with van der Waals surface area (Å²) in [6, 6.07) is 8.95. The van der Waals surface area contributed by atoms with Crippen LogP contribution in [0.3, 0.4) is 0 Å². The number of hydrazone groups is 1. The lowest BCUT2D eigenvalue weighted by Gasteiger charge is -2.11. The summed E-state index contributed by atoms with van der Waals surface area (Å²) in [6.45, 7) is 5.39. The van der Waals surface area contributed by atoms with Crippen LogP contribution in [0.4, 0.5) is 0 Å². The maximum absolute atomic E-state index is 12.0. The van der Waals surface area contributed by atoms with Crippen LogP contribution in [-0.4, -0.2) is 32.4 Å². The van der Waals surface area contributed by atoms with Crippen LogP contribution < -0.4 is 19.6 Å². The smallest absolute Gasteiger partial charge is 0.277 e. The molecule has 2 aromatic rings. The molecule has 7 heteroatoms. The van der Waals surface area contributed by atoms with Gasteiger partial charge in [-0.1, -0.05) is 11.6 Å². The van der Waals surface area contributed by atoms with E-state index in [9.17, 15) is 4.79 Å². The standard InChI is InChI=1S/C20H23ClN2O4/c1-12-8-16(9-13(2)20(12)21)27-11-19(24)23-22-14(3)17-7-6-15(25-4)10-18(17)26-5/h6-10H,11H2,1-5H3,(H,23,24). The molecule has 2 aromatic carbocycles. The van der Waals surface area contributed by atoms with Gasteiger partial charge in [0.15, 0.2) is 6.61 Å². The maximum atomic E-state index is 12.0. The zero-order valence-electron chi connectivity index (χ0n) is 16.1. The van der Waals surface area contributed by atoms with Gasteiger partial charge in [0.1, 0.15) is 17.2 Å². The average Bonchev–Trinajstić information content (AvgIpc) is 2.67. The van der Waals surface area contributed by atoms with Crippen molar-refractivity contribution < 1.29 is 19.0 Å². The van der Waals surface area contributed by atoms with Gasteiger partial charge in [-0.2, -0.15) is 5.10 Å². The highest BCUT2D eigenvalue weighted by Gasteiger charge is 2.10. The van der Waals surface area contributed by atoms with Gasteiger partial charge >= 0.3 is 0 Å². The summed E-state index contributed by atoms with van der Waals surface area (Å²) in [5.74, 6) is 1.50. The van der Waals surface area contributed by atoms with Crippen molar-refractivity contribution in [3.63, 3.8) is 0 Å². The molecule has 0 spiro atoms. The number of benzene rings is 2. The highest BCUT2D eigenvalue weighted by molar-refractivity contribution is 6.32. The van der Waals surface area contributed by atoms with Crippen LogP contribution in [0.25, 0.3) is 0 Å². The van der Waals surface area contributed by atoms with E-state index in [1.54, 1.807) is 45.4 Å². The van der Waals surface area contributed by atoms with Gasteiger partial charge in [-0.3, -0.25) is 4.79 Å². The maximum Gasteiger partial charge on any atom is 0.277 e. The Morgan fingerprint density at radius 1 is 1.07 bits per heavy atom. The summed E-state index contributed by atoms with van der Waals surface area (Å²) in [4.78, 5) is 12.0. The van der Waals surface area contributed by atoms with Gasteiger partial charge in [0.05, 0.1) is 19.9 Å². The summed E-state index contributed by atoms with van der Waals surface area (Å²) in [5.41, 5.74) is 5.63. The second kappa shape index (κ2) is 9.28. The molecule has 0 radical (unpaired) electrons. The molecule has 0 aliphatic rings. The number of methoxy groups -OCH3 is 2. The number of carbonyl (C=O) groups excluding carboxylic acids is 1. The summed E-state index contributed by atoms with van der Waals surface area (Å²) in [7, 11) is 3.15. The molecule has 0 aromatic heterocycles. The predicted octanol–water partition coefficient (Wildman–Crippen LogP) is 3.89. The van der Waals surface area contributed by atoms with Gasteiger partial charge in [-0.15, -0.1) is 0 Å². The molecule has 0 heterocycles. The number of carbonyl (C=O) groups is 1. The number of hydrogen-bond acceptors (Lipinski definition) is 5. The fourth-order valence-electron chi connectivity index (χ4n) is 2.47. The second-order valence-corrected chi connectivity index (χ2v) is 6.34. The van der Waals surface area contributed by atoms with Crippen LogP contribution >= 0.6 is 11.6 Å². The molecule has 27 heavy (non-hydrogen) atoms. The number of amides is 1. The Morgan fingerprint density at radius 2 is 1.74 bits per heavy atom. The van der Waals surface area contributed by atoms with Crippen LogP contribution in [-0.2, 0) is 4.79 Å². The van der Waals surface area contributed by atoms with Crippen molar-refractivity contribution >= 4 is 23.2 Å². The highest BCUT2D eigenvalue weighted by atomic mass is 35.5. The van der Waals surface area contributed by atoms with Gasteiger partial charge in [0.25, 0.3) is 5.91 Å². The van der Waals surface area contributed by atoms with Gasteiger partial charge in [0, 0.05) is 16.7 Å². The van der Waals surface area contributed by atoms with E-state index in [4.69, 9.17) is 25.8 Å². The van der Waals surface area contributed by atoms with Crippen LogP contribution in [0.15, 0.2) is 35.4 Å². The number of ether oxygens (including phenoxy) is 3. The molecule has 6 nitrogen and oxygen atoms in total. The topological polar surface area (TPSA) is 69.2 Å². The summed E-state index contributed by atoms with van der Waals surface area (Å²) in [5, 5.41) is 4.81. The SMILES string of the molecule is COc1ccc(C(C)=NNC(=O)COc2cc(C)c(Cl)c(C)c2)c(OC)c1. The number of aryl methyl sites for hydroxylation is 2. The Bertz CT molecular complexity index is 842. The molecule has 0 saturated carbocycles. The van der Waals surface area contributed by atoms with E-state index < -0.39 is 0 Å². The minimum Gasteiger partial charge on any atom is -0.497 e. The van der Waals surface area contributed by atoms with Crippen molar-refractivity contribution in [2.75, 3.05) is 20.8 Å². The first-order valence-corrected chi connectivity index (χ1v) is 8.68.